The second-order valence-corrected chi connectivity index (χ2v) is 10.7. The zero-order valence-corrected chi connectivity index (χ0v) is 23.0. The third-order valence-electron chi connectivity index (χ3n) is 7.31. The molecule has 1 aromatic carbocycles. The molecule has 2 aliphatic rings. The van der Waals surface area contributed by atoms with Gasteiger partial charge in [0.25, 0.3) is 5.91 Å². The van der Waals surface area contributed by atoms with E-state index >= 15 is 0 Å². The maximum atomic E-state index is 12.9. The molecule has 0 spiro atoms. The number of rotatable bonds is 7. The molecule has 11 heteroatoms. The van der Waals surface area contributed by atoms with Gasteiger partial charge in [-0.1, -0.05) is 19.0 Å². The molecule has 1 aliphatic heterocycles. The highest BCUT2D eigenvalue weighted by Crippen LogP contribution is 2.44. The van der Waals surface area contributed by atoms with Crippen molar-refractivity contribution in [2.75, 3.05) is 39.2 Å². The van der Waals surface area contributed by atoms with Crippen LogP contribution >= 0.6 is 0 Å². The summed E-state index contributed by atoms with van der Waals surface area (Å²) in [4.78, 5) is 36.9. The summed E-state index contributed by atoms with van der Waals surface area (Å²) in [5.41, 5.74) is 3.37. The fraction of sp³-hybridized carbons (Fsp3) is 0.464. The van der Waals surface area contributed by atoms with E-state index in [1.54, 1.807) is 38.4 Å². The Morgan fingerprint density at radius 3 is 2.69 bits per heavy atom. The molecule has 0 radical (unpaired) electrons. The number of likely N-dealkylation sites (tertiary alicyclic amines) is 1. The van der Waals surface area contributed by atoms with Gasteiger partial charge in [0.2, 0.25) is 11.7 Å². The number of amides is 1. The van der Waals surface area contributed by atoms with E-state index in [9.17, 15) is 9.59 Å². The van der Waals surface area contributed by atoms with E-state index in [2.05, 4.69) is 32.7 Å². The van der Waals surface area contributed by atoms with Crippen LogP contribution < -0.4 is 15.4 Å². The number of aromatic nitrogens is 3. The Bertz CT molecular complexity index is 1390. The summed E-state index contributed by atoms with van der Waals surface area (Å²) in [6.07, 6.45) is 4.22. The first kappa shape index (κ1) is 26.6. The van der Waals surface area contributed by atoms with Gasteiger partial charge in [-0.05, 0) is 70.1 Å². The van der Waals surface area contributed by atoms with Crippen LogP contribution in [-0.4, -0.2) is 71.8 Å². The molecular formula is C28H34N6O5. The smallest absolute Gasteiger partial charge is 0.377 e. The average Bonchev–Trinajstić information content (AvgIpc) is 3.38. The largest absolute Gasteiger partial charge is 0.495 e. The minimum absolute atomic E-state index is 0.103. The van der Waals surface area contributed by atoms with Crippen LogP contribution in [0.2, 0.25) is 0 Å². The van der Waals surface area contributed by atoms with Gasteiger partial charge in [0.1, 0.15) is 17.1 Å². The SMILES string of the molecule is CCOC(=O)c1onc2c1C(C)(C)Cc1cnc(Nc3ccc(C(=O)NC4CCN(C)CC4)cc3OC)nc1-2. The van der Waals surface area contributed by atoms with Crippen LogP contribution in [0.1, 0.15) is 65.7 Å². The Balaban J connectivity index is 1.38. The van der Waals surface area contributed by atoms with Crippen molar-refractivity contribution in [1.82, 2.24) is 25.3 Å². The highest BCUT2D eigenvalue weighted by atomic mass is 16.6. The van der Waals surface area contributed by atoms with Gasteiger partial charge in [-0.3, -0.25) is 4.79 Å². The minimum Gasteiger partial charge on any atom is -0.495 e. The number of hydrogen-bond acceptors (Lipinski definition) is 10. The van der Waals surface area contributed by atoms with E-state index in [-0.39, 0.29) is 24.3 Å². The normalized spacial score (nSPS) is 16.6. The highest BCUT2D eigenvalue weighted by Gasteiger charge is 2.40. The number of methoxy groups -OCH3 is 1. The number of esters is 1. The van der Waals surface area contributed by atoms with Crippen LogP contribution in [-0.2, 0) is 16.6 Å². The molecule has 206 valence electrons. The lowest BCUT2D eigenvalue weighted by atomic mass is 9.73. The number of carbonyl (C=O) groups excluding carboxylic acids is 2. The molecule has 5 rings (SSSR count). The number of nitrogens with one attached hydrogen (secondary N) is 2. The average molecular weight is 535 g/mol. The molecule has 0 bridgehead atoms. The molecule has 0 saturated carbocycles. The molecule has 0 unspecified atom stereocenters. The summed E-state index contributed by atoms with van der Waals surface area (Å²) in [5.74, 6) is 0.242. The van der Waals surface area contributed by atoms with Gasteiger partial charge in [-0.25, -0.2) is 14.8 Å². The standard InChI is InChI=1S/C28H34N6O5/c1-6-38-26(36)24-21-23(33-39-24)22-17(14-28(21,2)3)15-29-27(32-22)31-19-8-7-16(13-20(19)37-5)25(35)30-18-9-11-34(4)12-10-18/h7-8,13,15,18H,6,9-12,14H2,1-5H3,(H,30,35)(H,29,31,32). The Morgan fingerprint density at radius 1 is 1.21 bits per heavy atom. The molecule has 39 heavy (non-hydrogen) atoms. The zero-order chi connectivity index (χ0) is 27.7. The van der Waals surface area contributed by atoms with Gasteiger partial charge in [-0.15, -0.1) is 0 Å². The monoisotopic (exact) mass is 534 g/mol. The van der Waals surface area contributed by atoms with Gasteiger partial charge in [0, 0.05) is 28.8 Å². The van der Waals surface area contributed by atoms with E-state index in [1.807, 2.05) is 13.8 Å². The second kappa shape index (κ2) is 10.6. The summed E-state index contributed by atoms with van der Waals surface area (Å²) < 4.78 is 16.2. The van der Waals surface area contributed by atoms with Crippen molar-refractivity contribution in [3.63, 3.8) is 0 Å². The van der Waals surface area contributed by atoms with Gasteiger partial charge >= 0.3 is 5.97 Å². The molecule has 3 heterocycles. The van der Waals surface area contributed by atoms with Crippen LogP contribution in [0.5, 0.6) is 5.75 Å². The molecule has 1 amide bonds. The first-order valence-corrected chi connectivity index (χ1v) is 13.2. The molecule has 1 fully saturated rings. The van der Waals surface area contributed by atoms with Gasteiger partial charge in [-0.2, -0.15) is 0 Å². The van der Waals surface area contributed by atoms with E-state index in [4.69, 9.17) is 19.0 Å². The predicted octanol–water partition coefficient (Wildman–Crippen LogP) is 3.72. The number of benzene rings is 1. The fourth-order valence-corrected chi connectivity index (χ4v) is 5.26. The van der Waals surface area contributed by atoms with E-state index in [0.29, 0.717) is 46.3 Å². The lowest BCUT2D eigenvalue weighted by molar-refractivity contribution is 0.0475. The number of fused-ring (bicyclic) bond motifs is 3. The molecule has 0 atom stereocenters. The number of piperidine rings is 1. The molecule has 1 aliphatic carbocycles. The summed E-state index contributed by atoms with van der Waals surface area (Å²) in [6, 6.07) is 5.39. The Morgan fingerprint density at radius 2 is 1.97 bits per heavy atom. The van der Waals surface area contributed by atoms with Crippen LogP contribution in [0, 0.1) is 0 Å². The van der Waals surface area contributed by atoms with Crippen LogP contribution in [0.3, 0.4) is 0 Å². The van der Waals surface area contributed by atoms with Crippen molar-refractivity contribution in [1.29, 1.82) is 0 Å². The van der Waals surface area contributed by atoms with Crippen molar-refractivity contribution in [3.8, 4) is 17.1 Å². The Labute approximate surface area is 227 Å². The number of carbonyl (C=O) groups is 2. The summed E-state index contributed by atoms with van der Waals surface area (Å²) in [6.45, 7) is 7.97. The number of ether oxygens (including phenoxy) is 2. The first-order chi connectivity index (χ1) is 18.7. The Kier molecular flexibility index (Phi) is 7.26. The third-order valence-corrected chi connectivity index (χ3v) is 7.31. The van der Waals surface area contributed by atoms with Gasteiger partial charge in [0.05, 0.1) is 19.4 Å². The molecule has 1 saturated heterocycles. The van der Waals surface area contributed by atoms with Crippen molar-refractivity contribution < 1.29 is 23.6 Å². The Hall–Kier alpha value is -3.99. The van der Waals surface area contributed by atoms with Crippen LogP contribution in [0.25, 0.3) is 11.4 Å². The lowest BCUT2D eigenvalue weighted by Crippen LogP contribution is -2.43. The summed E-state index contributed by atoms with van der Waals surface area (Å²) in [7, 11) is 3.64. The predicted molar refractivity (Wildman–Crippen MR) is 144 cm³/mol. The second-order valence-electron chi connectivity index (χ2n) is 10.7. The lowest BCUT2D eigenvalue weighted by Gasteiger charge is -2.30. The fourth-order valence-electron chi connectivity index (χ4n) is 5.26. The van der Waals surface area contributed by atoms with Crippen molar-refractivity contribution in [2.24, 2.45) is 0 Å². The summed E-state index contributed by atoms with van der Waals surface area (Å²) in [5, 5.41) is 10.5. The van der Waals surface area contributed by atoms with E-state index in [0.717, 1.165) is 31.5 Å². The van der Waals surface area contributed by atoms with Crippen molar-refractivity contribution in [2.45, 2.75) is 51.5 Å². The van der Waals surface area contributed by atoms with E-state index < -0.39 is 11.4 Å². The highest BCUT2D eigenvalue weighted by molar-refractivity contribution is 5.95. The number of hydrogen-bond donors (Lipinski definition) is 2. The summed E-state index contributed by atoms with van der Waals surface area (Å²) >= 11 is 0. The van der Waals surface area contributed by atoms with Gasteiger partial charge < -0.3 is 29.5 Å². The van der Waals surface area contributed by atoms with E-state index in [1.165, 1.54) is 0 Å². The zero-order valence-electron chi connectivity index (χ0n) is 23.0. The number of anilines is 2. The number of nitrogens with zero attached hydrogens (tertiary/aromatic N) is 4. The van der Waals surface area contributed by atoms with Crippen LogP contribution in [0.15, 0.2) is 28.9 Å². The first-order valence-electron chi connectivity index (χ1n) is 13.2. The maximum absolute atomic E-state index is 12.9. The van der Waals surface area contributed by atoms with Gasteiger partial charge in [0.15, 0.2) is 0 Å². The molecule has 11 nitrogen and oxygen atoms in total. The molecule has 3 aromatic rings. The molecule has 2 N–H and O–H groups in total. The van der Waals surface area contributed by atoms with Crippen molar-refractivity contribution in [3.05, 3.63) is 46.8 Å². The maximum Gasteiger partial charge on any atom is 0.377 e. The van der Waals surface area contributed by atoms with Crippen molar-refractivity contribution >= 4 is 23.5 Å². The topological polar surface area (TPSA) is 132 Å². The molecular weight excluding hydrogens is 500 g/mol. The minimum atomic E-state index is -0.542. The molecule has 2 aromatic heterocycles. The third kappa shape index (κ3) is 5.31. The van der Waals surface area contributed by atoms with Crippen LogP contribution in [0.4, 0.5) is 11.6 Å². The quantitative estimate of drug-likeness (QED) is 0.432.